The van der Waals surface area contributed by atoms with Gasteiger partial charge in [0.2, 0.25) is 0 Å². The minimum absolute atomic E-state index is 0.0152. The first-order chi connectivity index (χ1) is 6.66. The van der Waals surface area contributed by atoms with Crippen LogP contribution in [0.4, 0.5) is 0 Å². The molecule has 1 heterocycles. The van der Waals surface area contributed by atoms with Crippen LogP contribution in [0.15, 0.2) is 18.5 Å². The van der Waals surface area contributed by atoms with Gasteiger partial charge in [0, 0.05) is 24.5 Å². The van der Waals surface area contributed by atoms with Gasteiger partial charge in [-0.25, -0.2) is 0 Å². The van der Waals surface area contributed by atoms with Gasteiger partial charge in [0.25, 0.3) is 5.91 Å². The second kappa shape index (κ2) is 4.74. The Balaban J connectivity index is 3.00. The lowest BCUT2D eigenvalue weighted by Gasteiger charge is -2.10. The molecule has 0 bridgehead atoms. The molecule has 0 aliphatic rings. The van der Waals surface area contributed by atoms with Crippen molar-refractivity contribution in [1.82, 2.24) is 10.3 Å². The highest BCUT2D eigenvalue weighted by Crippen LogP contribution is 2.17. The van der Waals surface area contributed by atoms with Crippen molar-refractivity contribution in [3.05, 3.63) is 29.6 Å². The van der Waals surface area contributed by atoms with E-state index in [1.54, 1.807) is 18.5 Å². The number of aromatic nitrogens is 1. The summed E-state index contributed by atoms with van der Waals surface area (Å²) in [6.07, 6.45) is 3.41. The largest absolute Gasteiger partial charge is 0.352 e. The summed E-state index contributed by atoms with van der Waals surface area (Å²) >= 11 is 0. The van der Waals surface area contributed by atoms with Crippen LogP contribution in [0.3, 0.4) is 0 Å². The predicted molar refractivity (Wildman–Crippen MR) is 56.3 cm³/mol. The van der Waals surface area contributed by atoms with Gasteiger partial charge in [-0.15, -0.1) is 0 Å². The van der Waals surface area contributed by atoms with Crippen LogP contribution in [0.5, 0.6) is 0 Å². The van der Waals surface area contributed by atoms with Gasteiger partial charge in [-0.05, 0) is 24.5 Å². The topological polar surface area (TPSA) is 42.0 Å². The minimum Gasteiger partial charge on any atom is -0.352 e. The number of carbonyl (C=O) groups excluding carboxylic acids is 1. The minimum atomic E-state index is -0.0152. The Morgan fingerprint density at radius 2 is 2.29 bits per heavy atom. The van der Waals surface area contributed by atoms with E-state index in [0.717, 1.165) is 11.1 Å². The van der Waals surface area contributed by atoms with Crippen molar-refractivity contribution >= 4 is 5.91 Å². The predicted octanol–water partition coefficient (Wildman–Crippen LogP) is 1.95. The fraction of sp³-hybridized carbons (Fsp3) is 0.455. The van der Waals surface area contributed by atoms with E-state index >= 15 is 0 Å². The molecular weight excluding hydrogens is 176 g/mol. The Morgan fingerprint density at radius 3 is 2.86 bits per heavy atom. The summed E-state index contributed by atoms with van der Waals surface area (Å²) in [6.45, 7) is 6.67. The van der Waals surface area contributed by atoms with Crippen LogP contribution in [-0.4, -0.2) is 17.4 Å². The van der Waals surface area contributed by atoms with Crippen LogP contribution in [0.1, 0.15) is 42.6 Å². The Bertz CT molecular complexity index is 321. The second-order valence-electron chi connectivity index (χ2n) is 3.48. The van der Waals surface area contributed by atoms with Gasteiger partial charge in [-0.3, -0.25) is 9.78 Å². The van der Waals surface area contributed by atoms with Crippen molar-refractivity contribution in [1.29, 1.82) is 0 Å². The van der Waals surface area contributed by atoms with Gasteiger partial charge in [-0.2, -0.15) is 0 Å². The van der Waals surface area contributed by atoms with Crippen LogP contribution in [-0.2, 0) is 0 Å². The first kappa shape index (κ1) is 10.7. The third kappa shape index (κ3) is 2.31. The molecule has 0 saturated carbocycles. The molecule has 0 unspecified atom stereocenters. The fourth-order valence-corrected chi connectivity index (χ4v) is 1.33. The standard InChI is InChI=1S/C11H16N2O/c1-4-13-11(14)9-5-6-12-7-10(9)8(2)3/h5-8H,4H2,1-3H3,(H,13,14). The summed E-state index contributed by atoms with van der Waals surface area (Å²) in [5.41, 5.74) is 1.73. The van der Waals surface area contributed by atoms with Crippen molar-refractivity contribution in [3.8, 4) is 0 Å². The van der Waals surface area contributed by atoms with Crippen LogP contribution in [0.2, 0.25) is 0 Å². The molecule has 1 aromatic heterocycles. The van der Waals surface area contributed by atoms with Crippen LogP contribution >= 0.6 is 0 Å². The zero-order valence-electron chi connectivity index (χ0n) is 8.87. The summed E-state index contributed by atoms with van der Waals surface area (Å²) in [5.74, 6) is 0.305. The van der Waals surface area contributed by atoms with Gasteiger partial charge < -0.3 is 5.32 Å². The maximum absolute atomic E-state index is 11.6. The summed E-state index contributed by atoms with van der Waals surface area (Å²) in [7, 11) is 0. The quantitative estimate of drug-likeness (QED) is 0.795. The van der Waals surface area contributed by atoms with Crippen LogP contribution < -0.4 is 5.32 Å². The average molecular weight is 192 g/mol. The van der Waals surface area contributed by atoms with E-state index in [0.29, 0.717) is 12.5 Å². The second-order valence-corrected chi connectivity index (χ2v) is 3.48. The lowest BCUT2D eigenvalue weighted by Crippen LogP contribution is -2.24. The fourth-order valence-electron chi connectivity index (χ4n) is 1.33. The number of carbonyl (C=O) groups is 1. The molecule has 0 fully saturated rings. The molecule has 0 saturated heterocycles. The van der Waals surface area contributed by atoms with Gasteiger partial charge in [0.05, 0.1) is 0 Å². The molecule has 14 heavy (non-hydrogen) atoms. The third-order valence-corrected chi connectivity index (χ3v) is 2.06. The van der Waals surface area contributed by atoms with E-state index in [1.165, 1.54) is 0 Å². The summed E-state index contributed by atoms with van der Waals surface area (Å²) in [5, 5.41) is 2.79. The monoisotopic (exact) mass is 192 g/mol. The number of amides is 1. The molecule has 0 aromatic carbocycles. The number of nitrogens with one attached hydrogen (secondary N) is 1. The van der Waals surface area contributed by atoms with Crippen LogP contribution in [0.25, 0.3) is 0 Å². The highest BCUT2D eigenvalue weighted by molar-refractivity contribution is 5.95. The lowest BCUT2D eigenvalue weighted by atomic mass is 9.99. The first-order valence-corrected chi connectivity index (χ1v) is 4.89. The van der Waals surface area contributed by atoms with Crippen molar-refractivity contribution in [2.75, 3.05) is 6.54 Å². The van der Waals surface area contributed by atoms with Gasteiger partial charge >= 0.3 is 0 Å². The molecule has 0 radical (unpaired) electrons. The Kier molecular flexibility index (Phi) is 3.63. The normalized spacial score (nSPS) is 10.3. The molecule has 3 heteroatoms. The first-order valence-electron chi connectivity index (χ1n) is 4.89. The summed E-state index contributed by atoms with van der Waals surface area (Å²) < 4.78 is 0. The molecule has 0 atom stereocenters. The highest BCUT2D eigenvalue weighted by Gasteiger charge is 2.12. The lowest BCUT2D eigenvalue weighted by molar-refractivity contribution is 0.0954. The van der Waals surface area contributed by atoms with E-state index in [4.69, 9.17) is 0 Å². The Morgan fingerprint density at radius 1 is 1.57 bits per heavy atom. The van der Waals surface area contributed by atoms with Crippen molar-refractivity contribution in [2.24, 2.45) is 0 Å². The van der Waals surface area contributed by atoms with Gasteiger partial charge in [-0.1, -0.05) is 13.8 Å². The van der Waals surface area contributed by atoms with Crippen molar-refractivity contribution in [2.45, 2.75) is 26.7 Å². The molecule has 1 rings (SSSR count). The molecule has 1 aromatic rings. The number of rotatable bonds is 3. The summed E-state index contributed by atoms with van der Waals surface area (Å²) in [4.78, 5) is 15.7. The number of hydrogen-bond acceptors (Lipinski definition) is 2. The average Bonchev–Trinajstić information content (AvgIpc) is 2.18. The number of pyridine rings is 1. The van der Waals surface area contributed by atoms with E-state index in [2.05, 4.69) is 24.1 Å². The SMILES string of the molecule is CCNC(=O)c1ccncc1C(C)C. The molecule has 1 N–H and O–H groups in total. The highest BCUT2D eigenvalue weighted by atomic mass is 16.1. The molecular formula is C11H16N2O. The van der Waals surface area contributed by atoms with E-state index in [9.17, 15) is 4.79 Å². The van der Waals surface area contributed by atoms with E-state index in [1.807, 2.05) is 6.92 Å². The molecule has 0 aliphatic carbocycles. The van der Waals surface area contributed by atoms with Crippen molar-refractivity contribution < 1.29 is 4.79 Å². The maximum atomic E-state index is 11.6. The molecule has 3 nitrogen and oxygen atoms in total. The van der Waals surface area contributed by atoms with Crippen molar-refractivity contribution in [3.63, 3.8) is 0 Å². The van der Waals surface area contributed by atoms with Gasteiger partial charge in [0.15, 0.2) is 0 Å². The van der Waals surface area contributed by atoms with Gasteiger partial charge in [0.1, 0.15) is 0 Å². The van der Waals surface area contributed by atoms with Crippen LogP contribution in [0, 0.1) is 0 Å². The smallest absolute Gasteiger partial charge is 0.251 e. The third-order valence-electron chi connectivity index (χ3n) is 2.06. The number of nitrogens with zero attached hydrogens (tertiary/aromatic N) is 1. The maximum Gasteiger partial charge on any atom is 0.251 e. The molecule has 0 spiro atoms. The molecule has 1 amide bonds. The van der Waals surface area contributed by atoms with E-state index in [-0.39, 0.29) is 5.91 Å². The zero-order chi connectivity index (χ0) is 10.6. The summed E-state index contributed by atoms with van der Waals surface area (Å²) in [6, 6.07) is 1.76. The Hall–Kier alpha value is -1.38. The Labute approximate surface area is 84.6 Å². The molecule has 76 valence electrons. The zero-order valence-corrected chi connectivity index (χ0v) is 8.87. The number of hydrogen-bond donors (Lipinski definition) is 1. The van der Waals surface area contributed by atoms with E-state index < -0.39 is 0 Å². The molecule has 0 aliphatic heterocycles.